The predicted molar refractivity (Wildman–Crippen MR) is 76.3 cm³/mol. The zero-order valence-electron chi connectivity index (χ0n) is 11.7. The molecule has 6 heteroatoms. The molecule has 0 spiro atoms. The van der Waals surface area contributed by atoms with Crippen LogP contribution in [-0.2, 0) is 9.59 Å². The number of aliphatic carboxylic acids is 1. The van der Waals surface area contributed by atoms with Gasteiger partial charge in [-0.25, -0.2) is 4.79 Å². The van der Waals surface area contributed by atoms with Gasteiger partial charge in [0, 0.05) is 12.1 Å². The van der Waals surface area contributed by atoms with Crippen LogP contribution < -0.4 is 14.8 Å². The Hall–Kier alpha value is -2.50. The molecule has 1 fully saturated rings. The van der Waals surface area contributed by atoms with Crippen LogP contribution in [0.5, 0.6) is 11.5 Å². The highest BCUT2D eigenvalue weighted by molar-refractivity contribution is 5.85. The molecule has 1 aromatic carbocycles. The molecule has 0 atom stereocenters. The third-order valence-corrected chi connectivity index (χ3v) is 2.91. The van der Waals surface area contributed by atoms with E-state index < -0.39 is 5.97 Å². The summed E-state index contributed by atoms with van der Waals surface area (Å²) in [5, 5.41) is 11.4. The van der Waals surface area contributed by atoms with E-state index in [1.54, 1.807) is 18.2 Å². The van der Waals surface area contributed by atoms with Crippen molar-refractivity contribution < 1.29 is 24.2 Å². The highest BCUT2D eigenvalue weighted by Gasteiger charge is 2.23. The Morgan fingerprint density at radius 3 is 2.76 bits per heavy atom. The first-order chi connectivity index (χ1) is 10.1. The van der Waals surface area contributed by atoms with E-state index in [2.05, 4.69) is 5.32 Å². The Labute approximate surface area is 122 Å². The molecule has 0 saturated heterocycles. The minimum atomic E-state index is -1.02. The van der Waals surface area contributed by atoms with Crippen molar-refractivity contribution in [2.45, 2.75) is 18.9 Å². The fraction of sp³-hybridized carbons (Fsp3) is 0.333. The molecule has 0 aromatic heterocycles. The largest absolute Gasteiger partial charge is 0.493 e. The van der Waals surface area contributed by atoms with Crippen molar-refractivity contribution in [2.75, 3.05) is 13.7 Å². The molecule has 2 N–H and O–H groups in total. The Morgan fingerprint density at radius 1 is 1.38 bits per heavy atom. The molecule has 21 heavy (non-hydrogen) atoms. The summed E-state index contributed by atoms with van der Waals surface area (Å²) in [5.74, 6) is -0.293. The minimum Gasteiger partial charge on any atom is -0.493 e. The Morgan fingerprint density at radius 2 is 2.14 bits per heavy atom. The first-order valence-corrected chi connectivity index (χ1v) is 6.59. The summed E-state index contributed by atoms with van der Waals surface area (Å²) in [6.07, 6.45) is 4.55. The second-order valence-electron chi connectivity index (χ2n) is 4.71. The third-order valence-electron chi connectivity index (χ3n) is 2.91. The zero-order chi connectivity index (χ0) is 15.2. The molecule has 0 bridgehead atoms. The van der Waals surface area contributed by atoms with E-state index in [9.17, 15) is 9.59 Å². The van der Waals surface area contributed by atoms with Gasteiger partial charge in [0.1, 0.15) is 0 Å². The van der Waals surface area contributed by atoms with Gasteiger partial charge in [-0.2, -0.15) is 0 Å². The summed E-state index contributed by atoms with van der Waals surface area (Å²) in [6, 6.07) is 5.28. The van der Waals surface area contributed by atoms with Crippen molar-refractivity contribution in [3.05, 3.63) is 29.8 Å². The van der Waals surface area contributed by atoms with E-state index in [0.29, 0.717) is 23.1 Å². The number of carboxylic acids is 1. The van der Waals surface area contributed by atoms with Gasteiger partial charge in [-0.3, -0.25) is 4.79 Å². The van der Waals surface area contributed by atoms with E-state index in [-0.39, 0.29) is 12.5 Å². The molecule has 6 nitrogen and oxygen atoms in total. The summed E-state index contributed by atoms with van der Waals surface area (Å²) in [4.78, 5) is 22.0. The van der Waals surface area contributed by atoms with Crippen LogP contribution in [0.1, 0.15) is 18.4 Å². The average molecular weight is 291 g/mol. The molecular formula is C15H17NO5. The van der Waals surface area contributed by atoms with Crippen LogP contribution in [0.4, 0.5) is 0 Å². The second-order valence-corrected chi connectivity index (χ2v) is 4.71. The van der Waals surface area contributed by atoms with Crippen LogP contribution in [0.15, 0.2) is 24.3 Å². The normalized spacial score (nSPS) is 14.0. The van der Waals surface area contributed by atoms with Gasteiger partial charge in [-0.1, -0.05) is 6.07 Å². The zero-order valence-corrected chi connectivity index (χ0v) is 11.7. The van der Waals surface area contributed by atoms with Gasteiger partial charge >= 0.3 is 5.97 Å². The third kappa shape index (κ3) is 4.83. The van der Waals surface area contributed by atoms with Gasteiger partial charge in [0.15, 0.2) is 18.1 Å². The number of carboxylic acid groups (broad SMARTS) is 1. The summed E-state index contributed by atoms with van der Waals surface area (Å²) in [7, 11) is 1.48. The molecule has 0 aliphatic heterocycles. The van der Waals surface area contributed by atoms with E-state index in [1.165, 1.54) is 13.2 Å². The number of amides is 1. The molecule has 2 rings (SSSR count). The van der Waals surface area contributed by atoms with Gasteiger partial charge in [0.25, 0.3) is 5.91 Å². The SMILES string of the molecule is COc1cc(/C=C/C(=O)O)ccc1OCC(=O)NC1CC1. The maximum atomic E-state index is 11.6. The molecule has 0 unspecified atom stereocenters. The maximum Gasteiger partial charge on any atom is 0.328 e. The molecule has 1 aromatic rings. The molecular weight excluding hydrogens is 274 g/mol. The molecule has 1 saturated carbocycles. The van der Waals surface area contributed by atoms with Crippen LogP contribution in [0.3, 0.4) is 0 Å². The number of carbonyl (C=O) groups excluding carboxylic acids is 1. The first-order valence-electron chi connectivity index (χ1n) is 6.59. The molecule has 0 heterocycles. The smallest absolute Gasteiger partial charge is 0.328 e. The molecule has 1 aliphatic rings. The lowest BCUT2D eigenvalue weighted by atomic mass is 10.2. The number of hydrogen-bond acceptors (Lipinski definition) is 4. The molecule has 1 aliphatic carbocycles. The standard InChI is InChI=1S/C15H17NO5/c1-20-13-8-10(3-7-15(18)19)2-6-12(13)21-9-14(17)16-11-4-5-11/h2-3,6-8,11H,4-5,9H2,1H3,(H,16,17)(H,18,19)/b7-3+. The van der Waals surface area contributed by atoms with Gasteiger partial charge in [0.2, 0.25) is 0 Å². The topological polar surface area (TPSA) is 84.9 Å². The highest BCUT2D eigenvalue weighted by Crippen LogP contribution is 2.28. The molecule has 112 valence electrons. The fourth-order valence-corrected chi connectivity index (χ4v) is 1.71. The highest BCUT2D eigenvalue weighted by atomic mass is 16.5. The first kappa shape index (κ1) is 14.9. The van der Waals surface area contributed by atoms with Crippen LogP contribution in [0.2, 0.25) is 0 Å². The van der Waals surface area contributed by atoms with E-state index in [0.717, 1.165) is 18.9 Å². The van der Waals surface area contributed by atoms with Crippen LogP contribution in [-0.4, -0.2) is 36.7 Å². The predicted octanol–water partition coefficient (Wildman–Crippen LogP) is 1.45. The monoisotopic (exact) mass is 291 g/mol. The average Bonchev–Trinajstić information content (AvgIpc) is 3.27. The number of rotatable bonds is 7. The number of nitrogens with one attached hydrogen (secondary N) is 1. The summed E-state index contributed by atoms with van der Waals surface area (Å²) < 4.78 is 10.6. The number of hydrogen-bond donors (Lipinski definition) is 2. The second kappa shape index (κ2) is 6.78. The number of ether oxygens (including phenoxy) is 2. The Kier molecular flexibility index (Phi) is 4.81. The van der Waals surface area contributed by atoms with Crippen LogP contribution >= 0.6 is 0 Å². The van der Waals surface area contributed by atoms with Crippen LogP contribution in [0, 0.1) is 0 Å². The van der Waals surface area contributed by atoms with E-state index in [1.807, 2.05) is 0 Å². The Bertz CT molecular complexity index is 563. The van der Waals surface area contributed by atoms with E-state index >= 15 is 0 Å². The van der Waals surface area contributed by atoms with Crippen molar-refractivity contribution in [1.29, 1.82) is 0 Å². The van der Waals surface area contributed by atoms with Crippen LogP contribution in [0.25, 0.3) is 6.08 Å². The number of carbonyl (C=O) groups is 2. The lowest BCUT2D eigenvalue weighted by Gasteiger charge is -2.11. The summed E-state index contributed by atoms with van der Waals surface area (Å²) in [5.41, 5.74) is 0.670. The number of benzene rings is 1. The minimum absolute atomic E-state index is 0.0723. The van der Waals surface area contributed by atoms with Gasteiger partial charge < -0.3 is 19.9 Å². The van der Waals surface area contributed by atoms with Crippen molar-refractivity contribution in [3.63, 3.8) is 0 Å². The summed E-state index contributed by atoms with van der Waals surface area (Å²) >= 11 is 0. The van der Waals surface area contributed by atoms with E-state index in [4.69, 9.17) is 14.6 Å². The lowest BCUT2D eigenvalue weighted by molar-refractivity contribution is -0.131. The van der Waals surface area contributed by atoms with Gasteiger partial charge in [0.05, 0.1) is 7.11 Å². The number of methoxy groups -OCH3 is 1. The van der Waals surface area contributed by atoms with Crippen molar-refractivity contribution in [3.8, 4) is 11.5 Å². The van der Waals surface area contributed by atoms with Gasteiger partial charge in [-0.15, -0.1) is 0 Å². The van der Waals surface area contributed by atoms with Crippen molar-refractivity contribution >= 4 is 18.0 Å². The lowest BCUT2D eigenvalue weighted by Crippen LogP contribution is -2.30. The quantitative estimate of drug-likeness (QED) is 0.743. The summed E-state index contributed by atoms with van der Waals surface area (Å²) in [6.45, 7) is -0.0723. The van der Waals surface area contributed by atoms with Crippen molar-refractivity contribution in [2.24, 2.45) is 0 Å². The van der Waals surface area contributed by atoms with Gasteiger partial charge in [-0.05, 0) is 36.6 Å². The maximum absolute atomic E-state index is 11.6. The molecule has 0 radical (unpaired) electrons. The molecule has 1 amide bonds. The van der Waals surface area contributed by atoms with Crippen molar-refractivity contribution in [1.82, 2.24) is 5.32 Å². The Balaban J connectivity index is 1.98. The fourth-order valence-electron chi connectivity index (χ4n) is 1.71.